The van der Waals surface area contributed by atoms with Crippen LogP contribution >= 0.6 is 0 Å². The lowest BCUT2D eigenvalue weighted by Crippen LogP contribution is -2.47. The molecule has 0 aliphatic carbocycles. The number of amides is 2. The predicted octanol–water partition coefficient (Wildman–Crippen LogP) is 3.01. The van der Waals surface area contributed by atoms with Crippen LogP contribution in [-0.4, -0.2) is 55.6 Å². The molecule has 0 saturated carbocycles. The average Bonchev–Trinajstić information content (AvgIpc) is 2.81. The summed E-state index contributed by atoms with van der Waals surface area (Å²) in [6.45, 7) is 6.60. The van der Waals surface area contributed by atoms with Gasteiger partial charge in [-0.3, -0.25) is 9.59 Å². The van der Waals surface area contributed by atoms with E-state index in [0.717, 1.165) is 11.1 Å². The molecule has 1 aliphatic heterocycles. The number of carbonyl (C=O) groups is 2. The molecule has 0 radical (unpaired) electrons. The summed E-state index contributed by atoms with van der Waals surface area (Å²) in [5.74, 6) is -1.10. The van der Waals surface area contributed by atoms with E-state index < -0.39 is 10.0 Å². The van der Waals surface area contributed by atoms with Crippen molar-refractivity contribution in [2.24, 2.45) is 5.92 Å². The normalized spacial score (nSPS) is 15.2. The van der Waals surface area contributed by atoms with Crippen LogP contribution in [0, 0.1) is 25.6 Å². The molecule has 0 atom stereocenters. The van der Waals surface area contributed by atoms with E-state index in [0.29, 0.717) is 29.8 Å². The third kappa shape index (κ3) is 6.21. The van der Waals surface area contributed by atoms with Crippen LogP contribution in [0.25, 0.3) is 0 Å². The van der Waals surface area contributed by atoms with Gasteiger partial charge in [0.05, 0.1) is 11.4 Å². The Hall–Kier alpha value is -2.78. The van der Waals surface area contributed by atoms with Gasteiger partial charge in [0.25, 0.3) is 0 Å². The zero-order valence-electron chi connectivity index (χ0n) is 19.9. The first-order valence-electron chi connectivity index (χ1n) is 11.5. The second-order valence-electron chi connectivity index (χ2n) is 8.70. The molecule has 9 heteroatoms. The van der Waals surface area contributed by atoms with Gasteiger partial charge in [0.2, 0.25) is 21.8 Å². The van der Waals surface area contributed by atoms with Gasteiger partial charge in [0.1, 0.15) is 5.82 Å². The predicted molar refractivity (Wildman–Crippen MR) is 128 cm³/mol. The summed E-state index contributed by atoms with van der Waals surface area (Å²) in [5, 5.41) is 2.75. The highest BCUT2D eigenvalue weighted by molar-refractivity contribution is 7.89. The van der Waals surface area contributed by atoms with E-state index in [4.69, 9.17) is 0 Å². The van der Waals surface area contributed by atoms with Gasteiger partial charge in [-0.2, -0.15) is 4.31 Å². The molecule has 2 amide bonds. The highest BCUT2D eigenvalue weighted by atomic mass is 32.2. The standard InChI is InChI=1S/C25H32FN3O4S/c1-4-28(17-24(30)27-16-20-6-8-22(26)9-7-20)25(31)21-11-13-29(14-12-21)34(32,33)23-10-5-18(2)15-19(23)3/h5-10,15,21H,4,11-14,16-17H2,1-3H3,(H,27,30). The van der Waals surface area contributed by atoms with Gasteiger partial charge < -0.3 is 10.2 Å². The SMILES string of the molecule is CCN(CC(=O)NCc1ccc(F)cc1)C(=O)C1CCN(S(=O)(=O)c2ccc(C)cc2C)CC1. The van der Waals surface area contributed by atoms with Crippen molar-refractivity contribution in [3.63, 3.8) is 0 Å². The molecule has 0 spiro atoms. The van der Waals surface area contributed by atoms with Crippen LogP contribution in [-0.2, 0) is 26.2 Å². The monoisotopic (exact) mass is 489 g/mol. The van der Waals surface area contributed by atoms with Crippen molar-refractivity contribution < 1.29 is 22.4 Å². The number of carbonyl (C=O) groups excluding carboxylic acids is 2. The van der Waals surface area contributed by atoms with E-state index in [1.165, 1.54) is 21.3 Å². The van der Waals surface area contributed by atoms with Gasteiger partial charge in [-0.25, -0.2) is 12.8 Å². The lowest BCUT2D eigenvalue weighted by atomic mass is 9.96. The molecule has 7 nitrogen and oxygen atoms in total. The Morgan fingerprint density at radius 1 is 1.09 bits per heavy atom. The Balaban J connectivity index is 1.54. The summed E-state index contributed by atoms with van der Waals surface area (Å²) < 4.78 is 40.6. The summed E-state index contributed by atoms with van der Waals surface area (Å²) in [4.78, 5) is 27.2. The van der Waals surface area contributed by atoms with E-state index >= 15 is 0 Å². The molecular weight excluding hydrogens is 457 g/mol. The molecule has 2 aromatic rings. The Labute approximate surface area is 201 Å². The topological polar surface area (TPSA) is 86.8 Å². The minimum Gasteiger partial charge on any atom is -0.350 e. The number of piperidine rings is 1. The van der Waals surface area contributed by atoms with Crippen LogP contribution in [0.15, 0.2) is 47.4 Å². The van der Waals surface area contributed by atoms with E-state index in [1.54, 1.807) is 31.2 Å². The van der Waals surface area contributed by atoms with Gasteiger partial charge in [-0.05, 0) is 62.9 Å². The van der Waals surface area contributed by atoms with E-state index in [2.05, 4.69) is 5.32 Å². The van der Waals surface area contributed by atoms with Crippen molar-refractivity contribution in [3.8, 4) is 0 Å². The van der Waals surface area contributed by atoms with Gasteiger partial charge in [-0.1, -0.05) is 29.8 Å². The highest BCUT2D eigenvalue weighted by Gasteiger charge is 2.34. The van der Waals surface area contributed by atoms with Crippen LogP contribution in [0.1, 0.15) is 36.5 Å². The van der Waals surface area contributed by atoms with Crippen LogP contribution < -0.4 is 5.32 Å². The first-order chi connectivity index (χ1) is 16.1. The smallest absolute Gasteiger partial charge is 0.243 e. The number of benzene rings is 2. The number of nitrogens with zero attached hydrogens (tertiary/aromatic N) is 2. The van der Waals surface area contributed by atoms with Crippen LogP contribution in [0.4, 0.5) is 4.39 Å². The lowest BCUT2D eigenvalue weighted by Gasteiger charge is -2.33. The fourth-order valence-corrected chi connectivity index (χ4v) is 5.88. The zero-order chi connectivity index (χ0) is 24.9. The van der Waals surface area contributed by atoms with Crippen LogP contribution in [0.3, 0.4) is 0 Å². The zero-order valence-corrected chi connectivity index (χ0v) is 20.7. The molecule has 0 aromatic heterocycles. The third-order valence-electron chi connectivity index (χ3n) is 6.18. The molecule has 1 saturated heterocycles. The quantitative estimate of drug-likeness (QED) is 0.618. The van der Waals surface area contributed by atoms with Crippen molar-refractivity contribution in [1.29, 1.82) is 0 Å². The molecule has 1 N–H and O–H groups in total. The lowest BCUT2D eigenvalue weighted by molar-refractivity contribution is -0.140. The second-order valence-corrected chi connectivity index (χ2v) is 10.6. The van der Waals surface area contributed by atoms with Gasteiger partial charge in [-0.15, -0.1) is 0 Å². The fourth-order valence-electron chi connectivity index (χ4n) is 4.21. The summed E-state index contributed by atoms with van der Waals surface area (Å²) in [7, 11) is -3.62. The molecule has 2 aromatic carbocycles. The number of aryl methyl sites for hydroxylation is 2. The van der Waals surface area contributed by atoms with E-state index in [9.17, 15) is 22.4 Å². The highest BCUT2D eigenvalue weighted by Crippen LogP contribution is 2.27. The molecular formula is C25H32FN3O4S. The first kappa shape index (κ1) is 25.8. The van der Waals surface area contributed by atoms with Crippen molar-refractivity contribution in [2.75, 3.05) is 26.2 Å². The number of sulfonamides is 1. The second kappa shape index (κ2) is 11.1. The Morgan fingerprint density at radius 3 is 2.32 bits per heavy atom. The van der Waals surface area contributed by atoms with Crippen molar-refractivity contribution in [3.05, 3.63) is 65.0 Å². The fraction of sp³-hybridized carbons (Fsp3) is 0.440. The maximum atomic E-state index is 13.1. The maximum absolute atomic E-state index is 13.1. The number of rotatable bonds is 8. The molecule has 1 aliphatic rings. The number of halogens is 1. The Bertz CT molecular complexity index is 1130. The minimum absolute atomic E-state index is 0.0718. The summed E-state index contributed by atoms with van der Waals surface area (Å²) in [6.07, 6.45) is 0.827. The van der Waals surface area contributed by atoms with Crippen molar-refractivity contribution >= 4 is 21.8 Å². The average molecular weight is 490 g/mol. The summed E-state index contributed by atoms with van der Waals surface area (Å²) >= 11 is 0. The first-order valence-corrected chi connectivity index (χ1v) is 12.9. The van der Waals surface area contributed by atoms with Crippen LogP contribution in [0.2, 0.25) is 0 Å². The molecule has 1 fully saturated rings. The Morgan fingerprint density at radius 2 is 1.74 bits per heavy atom. The third-order valence-corrected chi connectivity index (χ3v) is 8.24. The van der Waals surface area contributed by atoms with Gasteiger partial charge >= 0.3 is 0 Å². The molecule has 0 bridgehead atoms. The van der Waals surface area contributed by atoms with Crippen molar-refractivity contribution in [1.82, 2.24) is 14.5 Å². The van der Waals surface area contributed by atoms with Crippen molar-refractivity contribution in [2.45, 2.75) is 45.1 Å². The number of hydrogen-bond acceptors (Lipinski definition) is 4. The summed E-state index contributed by atoms with van der Waals surface area (Å²) in [6, 6.07) is 11.1. The van der Waals surface area contributed by atoms with Crippen LogP contribution in [0.5, 0.6) is 0 Å². The molecule has 1 heterocycles. The molecule has 184 valence electrons. The molecule has 0 unspecified atom stereocenters. The number of hydrogen-bond donors (Lipinski definition) is 1. The van der Waals surface area contributed by atoms with E-state index in [1.807, 2.05) is 19.9 Å². The molecule has 3 rings (SSSR count). The van der Waals surface area contributed by atoms with E-state index in [-0.39, 0.29) is 49.7 Å². The molecule has 34 heavy (non-hydrogen) atoms. The summed E-state index contributed by atoms with van der Waals surface area (Å²) in [5.41, 5.74) is 2.48. The number of nitrogens with one attached hydrogen (secondary N) is 1. The van der Waals surface area contributed by atoms with Gasteiger partial charge in [0, 0.05) is 32.1 Å². The Kier molecular flexibility index (Phi) is 8.43. The van der Waals surface area contributed by atoms with Gasteiger partial charge in [0.15, 0.2) is 0 Å². The largest absolute Gasteiger partial charge is 0.350 e. The number of likely N-dealkylation sites (N-methyl/N-ethyl adjacent to an activating group) is 1. The minimum atomic E-state index is -3.62. The maximum Gasteiger partial charge on any atom is 0.243 e.